The van der Waals surface area contributed by atoms with Crippen molar-refractivity contribution in [3.05, 3.63) is 52.3 Å². The molecule has 130 valence electrons. The molecule has 0 amide bonds. The summed E-state index contributed by atoms with van der Waals surface area (Å²) in [5, 5.41) is 3.55. The third-order valence-electron chi connectivity index (χ3n) is 5.05. The minimum atomic E-state index is 0.572. The van der Waals surface area contributed by atoms with E-state index in [-0.39, 0.29) is 0 Å². The Labute approximate surface area is 161 Å². The zero-order valence-electron chi connectivity index (χ0n) is 14.4. The third kappa shape index (κ3) is 3.62. The van der Waals surface area contributed by atoms with E-state index in [0.717, 1.165) is 23.4 Å². The van der Waals surface area contributed by atoms with Crippen LogP contribution in [0.4, 0.5) is 0 Å². The molecule has 2 aromatic carbocycles. The van der Waals surface area contributed by atoms with Gasteiger partial charge in [0.1, 0.15) is 12.4 Å². The second-order valence-corrected chi connectivity index (χ2v) is 8.38. The minimum absolute atomic E-state index is 0.572. The number of hydrogen-bond acceptors (Lipinski definition) is 3. The summed E-state index contributed by atoms with van der Waals surface area (Å²) in [5.41, 5.74) is 2.56. The summed E-state index contributed by atoms with van der Waals surface area (Å²) in [5.74, 6) is 0.986. The zero-order valence-corrected chi connectivity index (χ0v) is 16.8. The minimum Gasteiger partial charge on any atom is -0.492 e. The number of hydrogen-bond donors (Lipinski definition) is 0. The quantitative estimate of drug-likeness (QED) is 0.492. The number of ether oxygens (including phenoxy) is 1. The molecule has 2 nitrogen and oxygen atoms in total. The van der Waals surface area contributed by atoms with Gasteiger partial charge in [-0.25, -0.2) is 0 Å². The Morgan fingerprint density at radius 1 is 1.20 bits per heavy atom. The summed E-state index contributed by atoms with van der Waals surface area (Å²) in [6.45, 7) is 5.36. The number of likely N-dealkylation sites (N-methyl/N-ethyl adjacent to an activating group) is 1. The van der Waals surface area contributed by atoms with Crippen LogP contribution >= 0.6 is 27.3 Å². The fourth-order valence-electron chi connectivity index (χ4n) is 3.64. The van der Waals surface area contributed by atoms with E-state index in [9.17, 15) is 0 Å². The molecule has 0 radical (unpaired) electrons. The van der Waals surface area contributed by atoms with Crippen molar-refractivity contribution < 1.29 is 4.74 Å². The zero-order chi connectivity index (χ0) is 17.2. The van der Waals surface area contributed by atoms with Crippen LogP contribution in [0.2, 0.25) is 0 Å². The molecule has 0 bridgehead atoms. The maximum absolute atomic E-state index is 6.12. The van der Waals surface area contributed by atoms with Crippen LogP contribution in [0.25, 0.3) is 21.2 Å². The van der Waals surface area contributed by atoms with Crippen molar-refractivity contribution in [1.29, 1.82) is 0 Å². The molecule has 1 aromatic heterocycles. The van der Waals surface area contributed by atoms with E-state index >= 15 is 0 Å². The fourth-order valence-corrected chi connectivity index (χ4v) is 4.91. The van der Waals surface area contributed by atoms with Crippen LogP contribution in [-0.4, -0.2) is 30.6 Å². The van der Waals surface area contributed by atoms with Crippen LogP contribution in [0.3, 0.4) is 0 Å². The molecule has 1 unspecified atom stereocenters. The molecular weight excluding hydrogens is 394 g/mol. The molecule has 1 atom stereocenters. The van der Waals surface area contributed by atoms with Crippen LogP contribution in [0.1, 0.15) is 19.8 Å². The van der Waals surface area contributed by atoms with Gasteiger partial charge in [-0.05, 0) is 67.2 Å². The van der Waals surface area contributed by atoms with Crippen molar-refractivity contribution in [3.63, 3.8) is 0 Å². The standard InChI is InChI=1S/C21H22BrNOS/c1-2-23-11-3-4-17(23)13-24-18-9-10-19-20(14-25-21(19)12-18)15-5-7-16(22)8-6-15/h5-10,12,14,17H,2-4,11,13H2,1H3. The predicted octanol–water partition coefficient (Wildman–Crippen LogP) is 6.19. The Bertz CT molecular complexity index is 858. The maximum atomic E-state index is 6.12. The van der Waals surface area contributed by atoms with Crippen LogP contribution in [-0.2, 0) is 0 Å². The third-order valence-corrected chi connectivity index (χ3v) is 6.52. The highest BCUT2D eigenvalue weighted by molar-refractivity contribution is 9.10. The lowest BCUT2D eigenvalue weighted by Gasteiger charge is -2.22. The van der Waals surface area contributed by atoms with Crippen LogP contribution < -0.4 is 4.74 Å². The number of fused-ring (bicyclic) bond motifs is 1. The molecule has 2 heterocycles. The average Bonchev–Trinajstić information content (AvgIpc) is 3.26. The lowest BCUT2D eigenvalue weighted by atomic mass is 10.1. The van der Waals surface area contributed by atoms with Crippen molar-refractivity contribution in [2.75, 3.05) is 19.7 Å². The Balaban J connectivity index is 1.52. The summed E-state index contributed by atoms with van der Waals surface area (Å²) < 4.78 is 8.52. The number of benzene rings is 2. The molecular formula is C21H22BrNOS. The first-order chi connectivity index (χ1) is 12.2. The van der Waals surface area contributed by atoms with Gasteiger partial charge in [0.25, 0.3) is 0 Å². The second kappa shape index (κ2) is 7.48. The molecule has 0 spiro atoms. The number of thiophene rings is 1. The molecule has 1 saturated heterocycles. The van der Waals surface area contributed by atoms with Gasteiger partial charge in [0.05, 0.1) is 0 Å². The maximum Gasteiger partial charge on any atom is 0.120 e. The summed E-state index contributed by atoms with van der Waals surface area (Å²) in [7, 11) is 0. The van der Waals surface area contributed by atoms with E-state index in [0.29, 0.717) is 6.04 Å². The monoisotopic (exact) mass is 415 g/mol. The Hall–Kier alpha value is -1.36. The number of halogens is 1. The van der Waals surface area contributed by atoms with Gasteiger partial charge in [0, 0.05) is 26.2 Å². The molecule has 4 heteroatoms. The highest BCUT2D eigenvalue weighted by atomic mass is 79.9. The van der Waals surface area contributed by atoms with Crippen molar-refractivity contribution >= 4 is 37.4 Å². The summed E-state index contributed by atoms with van der Waals surface area (Å²) in [6.07, 6.45) is 2.55. The van der Waals surface area contributed by atoms with Crippen LogP contribution in [0, 0.1) is 0 Å². The Kier molecular flexibility index (Phi) is 5.11. The van der Waals surface area contributed by atoms with Crippen molar-refractivity contribution in [3.8, 4) is 16.9 Å². The van der Waals surface area contributed by atoms with E-state index in [1.54, 1.807) is 11.3 Å². The van der Waals surface area contributed by atoms with Gasteiger partial charge in [-0.2, -0.15) is 0 Å². The van der Waals surface area contributed by atoms with Crippen molar-refractivity contribution in [2.24, 2.45) is 0 Å². The van der Waals surface area contributed by atoms with Gasteiger partial charge < -0.3 is 4.74 Å². The molecule has 25 heavy (non-hydrogen) atoms. The SMILES string of the molecule is CCN1CCCC1COc1ccc2c(-c3ccc(Br)cc3)csc2c1. The predicted molar refractivity (Wildman–Crippen MR) is 111 cm³/mol. The lowest BCUT2D eigenvalue weighted by Crippen LogP contribution is -2.33. The lowest BCUT2D eigenvalue weighted by molar-refractivity contribution is 0.179. The average molecular weight is 416 g/mol. The van der Waals surface area contributed by atoms with E-state index in [2.05, 4.69) is 75.6 Å². The van der Waals surface area contributed by atoms with Gasteiger partial charge >= 0.3 is 0 Å². The van der Waals surface area contributed by atoms with Gasteiger partial charge in [-0.1, -0.05) is 35.0 Å². The molecule has 0 aliphatic carbocycles. The second-order valence-electron chi connectivity index (χ2n) is 6.55. The first-order valence-corrected chi connectivity index (χ1v) is 10.6. The first-order valence-electron chi connectivity index (χ1n) is 8.88. The van der Waals surface area contributed by atoms with E-state index in [1.165, 1.54) is 40.6 Å². The fraction of sp³-hybridized carbons (Fsp3) is 0.333. The number of nitrogens with zero attached hydrogens (tertiary/aromatic N) is 1. The van der Waals surface area contributed by atoms with Gasteiger partial charge in [-0.3, -0.25) is 4.90 Å². The van der Waals surface area contributed by atoms with E-state index < -0.39 is 0 Å². The number of likely N-dealkylation sites (tertiary alicyclic amines) is 1. The highest BCUT2D eigenvalue weighted by Crippen LogP contribution is 2.36. The topological polar surface area (TPSA) is 12.5 Å². The van der Waals surface area contributed by atoms with E-state index in [4.69, 9.17) is 4.74 Å². The summed E-state index contributed by atoms with van der Waals surface area (Å²) >= 11 is 5.29. The van der Waals surface area contributed by atoms with Crippen LogP contribution in [0.15, 0.2) is 52.3 Å². The summed E-state index contributed by atoms with van der Waals surface area (Å²) in [4.78, 5) is 2.52. The normalized spacial score (nSPS) is 18.1. The molecule has 1 fully saturated rings. The van der Waals surface area contributed by atoms with E-state index in [1.807, 2.05) is 0 Å². The molecule has 1 aliphatic heterocycles. The molecule has 0 saturated carbocycles. The molecule has 1 aliphatic rings. The summed E-state index contributed by atoms with van der Waals surface area (Å²) in [6, 6.07) is 15.6. The van der Waals surface area contributed by atoms with Crippen LogP contribution in [0.5, 0.6) is 5.75 Å². The molecule has 3 aromatic rings. The Morgan fingerprint density at radius 2 is 2.04 bits per heavy atom. The van der Waals surface area contributed by atoms with Gasteiger partial charge in [-0.15, -0.1) is 11.3 Å². The molecule has 0 N–H and O–H groups in total. The van der Waals surface area contributed by atoms with Gasteiger partial charge in [0.2, 0.25) is 0 Å². The Morgan fingerprint density at radius 3 is 2.84 bits per heavy atom. The highest BCUT2D eigenvalue weighted by Gasteiger charge is 2.23. The number of rotatable bonds is 5. The van der Waals surface area contributed by atoms with Gasteiger partial charge in [0.15, 0.2) is 0 Å². The largest absolute Gasteiger partial charge is 0.492 e. The smallest absolute Gasteiger partial charge is 0.120 e. The van der Waals surface area contributed by atoms with Crippen molar-refractivity contribution in [2.45, 2.75) is 25.8 Å². The molecule has 4 rings (SSSR count). The van der Waals surface area contributed by atoms with Crippen molar-refractivity contribution in [1.82, 2.24) is 4.90 Å². The first kappa shape index (κ1) is 17.1.